The molecule has 3 N–H and O–H groups in total. The molecular weight excluding hydrogens is 162 g/mol. The molecule has 0 aromatic carbocycles. The van der Waals surface area contributed by atoms with Gasteiger partial charge >= 0.3 is 0 Å². The molecule has 0 saturated heterocycles. The van der Waals surface area contributed by atoms with Crippen LogP contribution in [0.2, 0.25) is 0 Å². The SMILES string of the molecule is C=Cc1[nH]nc(N)c1/C=C\C.CC. The molecule has 0 aliphatic rings. The van der Waals surface area contributed by atoms with E-state index in [4.69, 9.17) is 5.73 Å². The van der Waals surface area contributed by atoms with E-state index >= 15 is 0 Å². The number of aromatic nitrogens is 2. The van der Waals surface area contributed by atoms with Gasteiger partial charge in [-0.2, -0.15) is 5.10 Å². The fraction of sp³-hybridized carbons (Fsp3) is 0.300. The maximum atomic E-state index is 5.56. The van der Waals surface area contributed by atoms with E-state index in [9.17, 15) is 0 Å². The number of nitrogens with one attached hydrogen (secondary N) is 1. The molecule has 0 unspecified atom stereocenters. The molecule has 0 fully saturated rings. The van der Waals surface area contributed by atoms with Gasteiger partial charge in [0.15, 0.2) is 5.82 Å². The van der Waals surface area contributed by atoms with Gasteiger partial charge in [0.2, 0.25) is 0 Å². The smallest absolute Gasteiger partial charge is 0.153 e. The molecule has 0 amide bonds. The molecule has 0 spiro atoms. The predicted octanol–water partition coefficient (Wildman–Crippen LogP) is 2.69. The molecule has 1 heterocycles. The summed E-state index contributed by atoms with van der Waals surface area (Å²) in [5.41, 5.74) is 7.33. The molecule has 0 atom stereocenters. The monoisotopic (exact) mass is 179 g/mol. The highest BCUT2D eigenvalue weighted by Gasteiger charge is 2.02. The number of allylic oxidation sites excluding steroid dienone is 1. The van der Waals surface area contributed by atoms with Crippen molar-refractivity contribution in [2.45, 2.75) is 20.8 Å². The summed E-state index contributed by atoms with van der Waals surface area (Å²) in [6.07, 6.45) is 5.50. The van der Waals surface area contributed by atoms with Crippen LogP contribution in [-0.2, 0) is 0 Å². The van der Waals surface area contributed by atoms with Gasteiger partial charge in [0.05, 0.1) is 5.69 Å². The molecule has 1 aromatic heterocycles. The number of hydrogen-bond donors (Lipinski definition) is 2. The van der Waals surface area contributed by atoms with Crippen LogP contribution in [-0.4, -0.2) is 10.2 Å². The van der Waals surface area contributed by atoms with Gasteiger partial charge in [-0.1, -0.05) is 32.6 Å². The van der Waals surface area contributed by atoms with Gasteiger partial charge in [0, 0.05) is 5.56 Å². The number of anilines is 1. The van der Waals surface area contributed by atoms with Crippen LogP contribution in [0.1, 0.15) is 32.0 Å². The average Bonchev–Trinajstić information content (AvgIpc) is 2.52. The van der Waals surface area contributed by atoms with E-state index in [-0.39, 0.29) is 0 Å². The van der Waals surface area contributed by atoms with E-state index in [1.165, 1.54) is 0 Å². The third-order valence-corrected chi connectivity index (χ3v) is 1.40. The van der Waals surface area contributed by atoms with Crippen molar-refractivity contribution >= 4 is 18.0 Å². The first-order chi connectivity index (χ1) is 6.29. The normalized spacial score (nSPS) is 9.46. The molecule has 1 rings (SSSR count). The molecule has 3 nitrogen and oxygen atoms in total. The summed E-state index contributed by atoms with van der Waals surface area (Å²) in [6, 6.07) is 0. The van der Waals surface area contributed by atoms with Crippen molar-refractivity contribution < 1.29 is 0 Å². The maximum absolute atomic E-state index is 5.56. The van der Waals surface area contributed by atoms with Gasteiger partial charge in [-0.05, 0) is 13.0 Å². The molecule has 0 aliphatic heterocycles. The third kappa shape index (κ3) is 2.78. The number of rotatable bonds is 2. The summed E-state index contributed by atoms with van der Waals surface area (Å²) in [5.74, 6) is 0.512. The number of nitrogen functional groups attached to an aromatic ring is 1. The molecule has 3 heteroatoms. The van der Waals surface area contributed by atoms with Crippen LogP contribution in [0.25, 0.3) is 12.2 Å². The lowest BCUT2D eigenvalue weighted by Crippen LogP contribution is -1.86. The molecule has 72 valence electrons. The lowest BCUT2D eigenvalue weighted by atomic mass is 10.2. The second-order valence-corrected chi connectivity index (χ2v) is 2.14. The maximum Gasteiger partial charge on any atom is 0.153 e. The van der Waals surface area contributed by atoms with Gasteiger partial charge in [-0.3, -0.25) is 5.10 Å². The second-order valence-electron chi connectivity index (χ2n) is 2.14. The van der Waals surface area contributed by atoms with Gasteiger partial charge < -0.3 is 5.73 Å². The number of nitrogens with two attached hydrogens (primary N) is 1. The molecule has 13 heavy (non-hydrogen) atoms. The van der Waals surface area contributed by atoms with Crippen LogP contribution in [0.5, 0.6) is 0 Å². The zero-order chi connectivity index (χ0) is 10.3. The molecular formula is C10H17N3. The summed E-state index contributed by atoms with van der Waals surface area (Å²) in [6.45, 7) is 9.56. The molecule has 1 aromatic rings. The van der Waals surface area contributed by atoms with Crippen LogP contribution in [0.15, 0.2) is 12.7 Å². The number of nitrogens with zero attached hydrogens (tertiary/aromatic N) is 1. The van der Waals surface area contributed by atoms with E-state index in [0.717, 1.165) is 11.3 Å². The van der Waals surface area contributed by atoms with Crippen molar-refractivity contribution in [2.75, 3.05) is 5.73 Å². The number of aromatic amines is 1. The van der Waals surface area contributed by atoms with E-state index in [1.807, 2.05) is 32.9 Å². The summed E-state index contributed by atoms with van der Waals surface area (Å²) in [4.78, 5) is 0. The standard InChI is InChI=1S/C8H11N3.C2H6/c1-3-5-6-7(4-2)10-11-8(6)9;1-2/h3-5H,2H2,1H3,(H3,9,10,11);1-2H3/b5-3-;. The largest absolute Gasteiger partial charge is 0.382 e. The highest BCUT2D eigenvalue weighted by Crippen LogP contribution is 2.15. The molecule has 0 radical (unpaired) electrons. The predicted molar refractivity (Wildman–Crippen MR) is 59.1 cm³/mol. The Morgan fingerprint density at radius 3 is 2.54 bits per heavy atom. The Labute approximate surface area is 79.3 Å². The lowest BCUT2D eigenvalue weighted by molar-refractivity contribution is 1.09. The minimum atomic E-state index is 0.512. The first-order valence-corrected chi connectivity index (χ1v) is 4.38. The minimum absolute atomic E-state index is 0.512. The van der Waals surface area contributed by atoms with Gasteiger partial charge in [-0.15, -0.1) is 0 Å². The Hall–Kier alpha value is -1.51. The van der Waals surface area contributed by atoms with Crippen molar-refractivity contribution in [3.8, 4) is 0 Å². The zero-order valence-electron chi connectivity index (χ0n) is 8.46. The van der Waals surface area contributed by atoms with Crippen molar-refractivity contribution in [1.29, 1.82) is 0 Å². The van der Waals surface area contributed by atoms with Crippen molar-refractivity contribution in [3.63, 3.8) is 0 Å². The van der Waals surface area contributed by atoms with E-state index in [1.54, 1.807) is 6.08 Å². The molecule has 0 aliphatic carbocycles. The quantitative estimate of drug-likeness (QED) is 0.733. The first-order valence-electron chi connectivity index (χ1n) is 4.38. The summed E-state index contributed by atoms with van der Waals surface area (Å²) >= 11 is 0. The van der Waals surface area contributed by atoms with Gasteiger partial charge in [0.25, 0.3) is 0 Å². The molecule has 0 bridgehead atoms. The highest BCUT2D eigenvalue weighted by atomic mass is 15.2. The van der Waals surface area contributed by atoms with Crippen LogP contribution < -0.4 is 5.73 Å². The Morgan fingerprint density at radius 2 is 2.08 bits per heavy atom. The Balaban J connectivity index is 0.000000671. The van der Waals surface area contributed by atoms with Crippen molar-refractivity contribution in [1.82, 2.24) is 10.2 Å². The lowest BCUT2D eigenvalue weighted by Gasteiger charge is -1.89. The number of H-pyrrole nitrogens is 1. The average molecular weight is 179 g/mol. The topological polar surface area (TPSA) is 54.7 Å². The van der Waals surface area contributed by atoms with Crippen LogP contribution in [0.4, 0.5) is 5.82 Å². The van der Waals surface area contributed by atoms with E-state index < -0.39 is 0 Å². The summed E-state index contributed by atoms with van der Waals surface area (Å²) < 4.78 is 0. The zero-order valence-corrected chi connectivity index (χ0v) is 8.46. The van der Waals surface area contributed by atoms with Crippen molar-refractivity contribution in [2.24, 2.45) is 0 Å². The third-order valence-electron chi connectivity index (χ3n) is 1.40. The van der Waals surface area contributed by atoms with Crippen molar-refractivity contribution in [3.05, 3.63) is 23.9 Å². The number of hydrogen-bond acceptors (Lipinski definition) is 2. The fourth-order valence-corrected chi connectivity index (χ4v) is 0.876. The van der Waals surface area contributed by atoms with Crippen LogP contribution in [0, 0.1) is 0 Å². The fourth-order valence-electron chi connectivity index (χ4n) is 0.876. The minimum Gasteiger partial charge on any atom is -0.382 e. The van der Waals surface area contributed by atoms with Gasteiger partial charge in [-0.25, -0.2) is 0 Å². The highest BCUT2D eigenvalue weighted by molar-refractivity contribution is 5.69. The Kier molecular flexibility index (Phi) is 5.35. The Morgan fingerprint density at radius 1 is 1.46 bits per heavy atom. The van der Waals surface area contributed by atoms with E-state index in [0.29, 0.717) is 5.82 Å². The van der Waals surface area contributed by atoms with Crippen LogP contribution >= 0.6 is 0 Å². The molecule has 0 saturated carbocycles. The van der Waals surface area contributed by atoms with E-state index in [2.05, 4.69) is 16.8 Å². The van der Waals surface area contributed by atoms with Crippen LogP contribution in [0.3, 0.4) is 0 Å². The van der Waals surface area contributed by atoms with Gasteiger partial charge in [0.1, 0.15) is 0 Å². The second kappa shape index (κ2) is 6.06. The Bertz CT molecular complexity index is 284. The first kappa shape index (κ1) is 11.5. The summed E-state index contributed by atoms with van der Waals surface area (Å²) in [7, 11) is 0. The summed E-state index contributed by atoms with van der Waals surface area (Å²) in [5, 5.41) is 6.60.